The van der Waals surface area contributed by atoms with Crippen LogP contribution < -0.4 is 9.16 Å². The van der Waals surface area contributed by atoms with E-state index in [1.807, 2.05) is 18.2 Å². The lowest BCUT2D eigenvalue weighted by Crippen LogP contribution is -1.91. The zero-order chi connectivity index (χ0) is 8.97. The number of hydrogen-bond acceptors (Lipinski definition) is 2. The van der Waals surface area contributed by atoms with Crippen LogP contribution in [0.2, 0.25) is 0 Å². The molecule has 3 heteroatoms. The summed E-state index contributed by atoms with van der Waals surface area (Å²) in [4.78, 5) is 0. The van der Waals surface area contributed by atoms with Crippen molar-refractivity contribution in [2.24, 2.45) is 0 Å². The predicted molar refractivity (Wildman–Crippen MR) is 49.5 cm³/mol. The van der Waals surface area contributed by atoms with Gasteiger partial charge in [0.2, 0.25) is 0 Å². The van der Waals surface area contributed by atoms with Crippen molar-refractivity contribution in [2.45, 2.75) is 0 Å². The molecule has 0 bridgehead atoms. The average molecular weight is 177 g/mol. The molecule has 0 saturated carbocycles. The summed E-state index contributed by atoms with van der Waals surface area (Å²) < 4.78 is 9.96. The first-order valence-electron chi connectivity index (χ1n) is 3.46. The molecule has 1 aromatic rings. The Hall–Kier alpha value is -1.22. The number of benzene rings is 1. The van der Waals surface area contributed by atoms with Crippen molar-refractivity contribution in [2.75, 3.05) is 7.11 Å². The lowest BCUT2D eigenvalue weighted by Gasteiger charge is -2.07. The summed E-state index contributed by atoms with van der Waals surface area (Å²) in [6.07, 6.45) is 1.75. The Morgan fingerprint density at radius 2 is 2.17 bits per heavy atom. The highest BCUT2D eigenvalue weighted by molar-refractivity contribution is 6.00. The van der Waals surface area contributed by atoms with Gasteiger partial charge in [-0.1, -0.05) is 18.7 Å². The molecule has 0 fully saturated rings. The molecule has 0 spiro atoms. The third-order valence-electron chi connectivity index (χ3n) is 1.53. The standard InChI is InChI=1S/C9H9O2Si/c1-3-7-4-5-8(11-12)9(6-7)10-2/h3-6H,1H2,2H3. The van der Waals surface area contributed by atoms with Gasteiger partial charge in [0.25, 0.3) is 0 Å². The van der Waals surface area contributed by atoms with Crippen molar-refractivity contribution in [3.05, 3.63) is 30.3 Å². The molecule has 12 heavy (non-hydrogen) atoms. The van der Waals surface area contributed by atoms with E-state index in [0.29, 0.717) is 11.5 Å². The Balaban J connectivity index is 3.10. The summed E-state index contributed by atoms with van der Waals surface area (Å²) in [6, 6.07) is 5.55. The van der Waals surface area contributed by atoms with Gasteiger partial charge in [-0.3, -0.25) is 0 Å². The summed E-state index contributed by atoms with van der Waals surface area (Å²) in [7, 11) is 4.53. The zero-order valence-electron chi connectivity index (χ0n) is 6.83. The van der Waals surface area contributed by atoms with E-state index in [1.54, 1.807) is 13.2 Å². The van der Waals surface area contributed by atoms with Crippen molar-refractivity contribution in [1.82, 2.24) is 0 Å². The first-order valence-corrected chi connectivity index (χ1v) is 3.86. The first-order chi connectivity index (χ1) is 5.81. The Labute approximate surface area is 75.4 Å². The zero-order valence-corrected chi connectivity index (χ0v) is 7.83. The van der Waals surface area contributed by atoms with Gasteiger partial charge in [0.05, 0.1) is 7.11 Å². The van der Waals surface area contributed by atoms with E-state index in [0.717, 1.165) is 5.56 Å². The number of rotatable bonds is 3. The molecule has 0 heterocycles. The van der Waals surface area contributed by atoms with Crippen LogP contribution in [-0.4, -0.2) is 17.6 Å². The van der Waals surface area contributed by atoms with Crippen LogP contribution >= 0.6 is 0 Å². The molecule has 0 saturated heterocycles. The van der Waals surface area contributed by atoms with E-state index in [9.17, 15) is 0 Å². The van der Waals surface area contributed by atoms with Crippen LogP contribution in [0.15, 0.2) is 24.8 Å². The topological polar surface area (TPSA) is 18.5 Å². The molecule has 0 aliphatic rings. The smallest absolute Gasteiger partial charge is 0.341 e. The summed E-state index contributed by atoms with van der Waals surface area (Å²) in [6.45, 7) is 3.65. The summed E-state index contributed by atoms with van der Waals surface area (Å²) >= 11 is 0. The second kappa shape index (κ2) is 3.97. The minimum absolute atomic E-state index is 0.653. The largest absolute Gasteiger partial charge is 0.538 e. The highest BCUT2D eigenvalue weighted by atomic mass is 28.2. The van der Waals surface area contributed by atoms with E-state index < -0.39 is 0 Å². The molecule has 2 nitrogen and oxygen atoms in total. The Bertz CT molecular complexity index is 284. The molecular weight excluding hydrogens is 168 g/mol. The average Bonchev–Trinajstić information content (AvgIpc) is 2.16. The summed E-state index contributed by atoms with van der Waals surface area (Å²) in [5.41, 5.74) is 0.999. The van der Waals surface area contributed by atoms with Gasteiger partial charge in [-0.15, -0.1) is 0 Å². The fourth-order valence-corrected chi connectivity index (χ4v) is 1.06. The minimum Gasteiger partial charge on any atom is -0.538 e. The van der Waals surface area contributed by atoms with E-state index in [-0.39, 0.29) is 0 Å². The van der Waals surface area contributed by atoms with Gasteiger partial charge in [0, 0.05) is 0 Å². The fourth-order valence-electron chi connectivity index (χ4n) is 0.895. The lowest BCUT2D eigenvalue weighted by molar-refractivity contribution is 0.397. The van der Waals surface area contributed by atoms with Gasteiger partial charge in [-0.05, 0) is 17.7 Å². The van der Waals surface area contributed by atoms with Crippen LogP contribution in [0.4, 0.5) is 0 Å². The highest BCUT2D eigenvalue weighted by Crippen LogP contribution is 2.27. The molecule has 0 amide bonds. The molecule has 1 rings (SSSR count). The first kappa shape index (κ1) is 8.87. The highest BCUT2D eigenvalue weighted by Gasteiger charge is 2.01. The van der Waals surface area contributed by atoms with Crippen LogP contribution in [0.1, 0.15) is 5.56 Å². The van der Waals surface area contributed by atoms with Gasteiger partial charge in [-0.25, -0.2) is 0 Å². The maximum atomic E-state index is 5.07. The Kier molecular flexibility index (Phi) is 2.93. The van der Waals surface area contributed by atoms with E-state index >= 15 is 0 Å². The van der Waals surface area contributed by atoms with Gasteiger partial charge >= 0.3 is 10.5 Å². The number of hydrogen-bond donors (Lipinski definition) is 0. The molecule has 0 aliphatic carbocycles. The van der Waals surface area contributed by atoms with Gasteiger partial charge in [-0.2, -0.15) is 0 Å². The van der Waals surface area contributed by atoms with Crippen LogP contribution in [0.25, 0.3) is 6.08 Å². The van der Waals surface area contributed by atoms with E-state index in [2.05, 4.69) is 17.1 Å². The number of ether oxygens (including phenoxy) is 1. The summed E-state index contributed by atoms with van der Waals surface area (Å²) in [5.74, 6) is 1.34. The molecule has 3 radical (unpaired) electrons. The molecular formula is C9H9O2Si. The third-order valence-corrected chi connectivity index (χ3v) is 1.75. The predicted octanol–water partition coefficient (Wildman–Crippen LogP) is 1.80. The Morgan fingerprint density at radius 1 is 1.42 bits per heavy atom. The number of methoxy groups -OCH3 is 1. The van der Waals surface area contributed by atoms with Crippen molar-refractivity contribution < 1.29 is 9.16 Å². The van der Waals surface area contributed by atoms with Crippen LogP contribution in [0, 0.1) is 0 Å². The van der Waals surface area contributed by atoms with Crippen LogP contribution in [0.3, 0.4) is 0 Å². The maximum Gasteiger partial charge on any atom is 0.341 e. The normalized spacial score (nSPS) is 9.17. The summed E-state index contributed by atoms with van der Waals surface area (Å²) in [5, 5.41) is 0. The monoisotopic (exact) mass is 177 g/mol. The minimum atomic E-state index is 0.653. The molecule has 0 unspecified atom stereocenters. The van der Waals surface area contributed by atoms with Gasteiger partial charge in [0.1, 0.15) is 5.75 Å². The lowest BCUT2D eigenvalue weighted by atomic mass is 10.2. The van der Waals surface area contributed by atoms with E-state index in [1.165, 1.54) is 0 Å². The van der Waals surface area contributed by atoms with Crippen molar-refractivity contribution in [1.29, 1.82) is 0 Å². The third kappa shape index (κ3) is 1.68. The Morgan fingerprint density at radius 3 is 2.67 bits per heavy atom. The molecule has 1 aromatic carbocycles. The molecule has 0 atom stereocenters. The molecule has 0 aromatic heterocycles. The van der Waals surface area contributed by atoms with Gasteiger partial charge in [0.15, 0.2) is 5.75 Å². The maximum absolute atomic E-state index is 5.07. The quantitative estimate of drug-likeness (QED) is 0.655. The van der Waals surface area contributed by atoms with Gasteiger partial charge < -0.3 is 9.16 Å². The van der Waals surface area contributed by atoms with Crippen molar-refractivity contribution in [3.8, 4) is 11.5 Å². The van der Waals surface area contributed by atoms with Crippen molar-refractivity contribution >= 4 is 16.6 Å². The second-order valence-electron chi connectivity index (χ2n) is 2.22. The van der Waals surface area contributed by atoms with E-state index in [4.69, 9.17) is 9.16 Å². The van der Waals surface area contributed by atoms with Crippen LogP contribution in [-0.2, 0) is 0 Å². The van der Waals surface area contributed by atoms with Crippen LogP contribution in [0.5, 0.6) is 11.5 Å². The molecule has 0 N–H and O–H groups in total. The second-order valence-corrected chi connectivity index (χ2v) is 2.42. The SMILES string of the molecule is C=Cc1ccc(O[Si])c(OC)c1. The fraction of sp³-hybridized carbons (Fsp3) is 0.111. The molecule has 0 aliphatic heterocycles. The molecule has 61 valence electrons. The van der Waals surface area contributed by atoms with Crippen molar-refractivity contribution in [3.63, 3.8) is 0 Å².